The maximum absolute atomic E-state index is 11.6. The van der Waals surface area contributed by atoms with E-state index in [0.717, 1.165) is 5.69 Å². The number of carbonyl (C=O) groups is 2. The first-order chi connectivity index (χ1) is 10.7. The number of hydrazine groups is 1. The second-order valence-electron chi connectivity index (χ2n) is 4.86. The van der Waals surface area contributed by atoms with E-state index in [-0.39, 0.29) is 18.6 Å². The van der Waals surface area contributed by atoms with Gasteiger partial charge in [0.2, 0.25) is 6.79 Å². The lowest BCUT2D eigenvalue weighted by atomic mass is 10.1. The van der Waals surface area contributed by atoms with Crippen LogP contribution in [0.3, 0.4) is 0 Å². The Hall–Kier alpha value is -3.22. The first-order valence-corrected chi connectivity index (χ1v) is 6.62. The fraction of sp³-hybridized carbons (Fsp3) is 0.0667. The zero-order valence-electron chi connectivity index (χ0n) is 11.3. The third kappa shape index (κ3) is 1.99. The van der Waals surface area contributed by atoms with Crippen molar-refractivity contribution in [3.05, 3.63) is 47.5 Å². The van der Waals surface area contributed by atoms with Gasteiger partial charge >= 0.3 is 0 Å². The largest absolute Gasteiger partial charge is 0.454 e. The third-order valence-electron chi connectivity index (χ3n) is 3.46. The number of ether oxygens (including phenoxy) is 2. The van der Waals surface area contributed by atoms with E-state index in [1.807, 2.05) is 6.07 Å². The van der Waals surface area contributed by atoms with Gasteiger partial charge in [-0.1, -0.05) is 0 Å². The molecule has 0 fully saturated rings. The van der Waals surface area contributed by atoms with E-state index < -0.39 is 0 Å². The molecule has 0 atom stereocenters. The van der Waals surface area contributed by atoms with Crippen LogP contribution in [0.4, 0.5) is 11.4 Å². The Labute approximate surface area is 125 Å². The highest BCUT2D eigenvalue weighted by atomic mass is 16.7. The van der Waals surface area contributed by atoms with Crippen LogP contribution in [0.25, 0.3) is 0 Å². The summed E-state index contributed by atoms with van der Waals surface area (Å²) in [5.41, 5.74) is 8.19. The Morgan fingerprint density at radius 2 is 1.50 bits per heavy atom. The fourth-order valence-electron chi connectivity index (χ4n) is 2.36. The van der Waals surface area contributed by atoms with Gasteiger partial charge in [-0.2, -0.15) is 0 Å². The molecule has 2 aromatic carbocycles. The highest BCUT2D eigenvalue weighted by molar-refractivity contribution is 6.21. The van der Waals surface area contributed by atoms with E-state index in [2.05, 4.69) is 16.2 Å². The average molecular weight is 297 g/mol. The molecule has 0 saturated carbocycles. The molecule has 0 aliphatic carbocycles. The molecule has 110 valence electrons. The minimum atomic E-state index is -0.383. The second-order valence-corrected chi connectivity index (χ2v) is 4.86. The van der Waals surface area contributed by atoms with Gasteiger partial charge < -0.3 is 20.3 Å². The standard InChI is InChI=1S/C15H11N3O4/c19-14-10-3-1-8(5-11(10)15(20)16-14)17-18-9-2-4-12-13(6-9)22-7-21-12/h1-6,17-18H,7H2,(H,16,19,20). The fourth-order valence-corrected chi connectivity index (χ4v) is 2.36. The van der Waals surface area contributed by atoms with Gasteiger partial charge in [0.1, 0.15) is 0 Å². The first-order valence-electron chi connectivity index (χ1n) is 6.62. The molecule has 2 heterocycles. The van der Waals surface area contributed by atoms with Crippen LogP contribution in [-0.4, -0.2) is 18.6 Å². The van der Waals surface area contributed by atoms with Crippen molar-refractivity contribution in [1.82, 2.24) is 5.32 Å². The Balaban J connectivity index is 1.52. The number of rotatable bonds is 3. The average Bonchev–Trinajstić information content (AvgIpc) is 3.10. The van der Waals surface area contributed by atoms with Crippen LogP contribution < -0.4 is 25.6 Å². The summed E-state index contributed by atoms with van der Waals surface area (Å²) in [6.07, 6.45) is 0. The number of benzene rings is 2. The molecule has 4 rings (SSSR count). The van der Waals surface area contributed by atoms with Crippen LogP contribution in [0.2, 0.25) is 0 Å². The number of fused-ring (bicyclic) bond motifs is 2. The Morgan fingerprint density at radius 1 is 0.818 bits per heavy atom. The lowest BCUT2D eigenvalue weighted by Crippen LogP contribution is -2.19. The topological polar surface area (TPSA) is 88.7 Å². The van der Waals surface area contributed by atoms with Gasteiger partial charge in [0.25, 0.3) is 11.8 Å². The third-order valence-corrected chi connectivity index (χ3v) is 3.46. The molecular weight excluding hydrogens is 286 g/mol. The van der Waals surface area contributed by atoms with Crippen LogP contribution in [0.5, 0.6) is 11.5 Å². The van der Waals surface area contributed by atoms with Gasteiger partial charge in [-0.3, -0.25) is 14.9 Å². The number of hydrogen-bond acceptors (Lipinski definition) is 6. The lowest BCUT2D eigenvalue weighted by molar-refractivity contribution is 0.0879. The predicted octanol–water partition coefficient (Wildman–Crippen LogP) is 1.74. The van der Waals surface area contributed by atoms with Gasteiger partial charge in [0.15, 0.2) is 11.5 Å². The molecule has 2 aromatic rings. The van der Waals surface area contributed by atoms with Crippen molar-refractivity contribution in [2.24, 2.45) is 0 Å². The summed E-state index contributed by atoms with van der Waals surface area (Å²) in [6.45, 7) is 0.222. The number of amides is 2. The molecule has 0 spiro atoms. The molecule has 0 aromatic heterocycles. The van der Waals surface area contributed by atoms with Crippen LogP contribution in [0, 0.1) is 0 Å². The van der Waals surface area contributed by atoms with Crippen molar-refractivity contribution in [2.45, 2.75) is 0 Å². The maximum Gasteiger partial charge on any atom is 0.259 e. The van der Waals surface area contributed by atoms with E-state index in [4.69, 9.17) is 9.47 Å². The van der Waals surface area contributed by atoms with E-state index in [0.29, 0.717) is 28.3 Å². The van der Waals surface area contributed by atoms with Gasteiger partial charge in [0.05, 0.1) is 22.5 Å². The summed E-state index contributed by atoms with van der Waals surface area (Å²) in [7, 11) is 0. The molecule has 22 heavy (non-hydrogen) atoms. The second kappa shape index (κ2) is 4.66. The van der Waals surface area contributed by atoms with Gasteiger partial charge in [-0.05, 0) is 30.3 Å². The minimum absolute atomic E-state index is 0.222. The van der Waals surface area contributed by atoms with Crippen molar-refractivity contribution in [3.63, 3.8) is 0 Å². The maximum atomic E-state index is 11.6. The SMILES string of the molecule is O=C1NC(=O)c2cc(NNc3ccc4c(c3)OCO4)ccc21. The van der Waals surface area contributed by atoms with Gasteiger partial charge in [-0.15, -0.1) is 0 Å². The molecular formula is C15H11N3O4. The molecule has 0 radical (unpaired) electrons. The predicted molar refractivity (Wildman–Crippen MR) is 78.0 cm³/mol. The zero-order valence-corrected chi connectivity index (χ0v) is 11.3. The van der Waals surface area contributed by atoms with Crippen molar-refractivity contribution in [3.8, 4) is 11.5 Å². The van der Waals surface area contributed by atoms with E-state index in [1.165, 1.54) is 0 Å². The highest BCUT2D eigenvalue weighted by Gasteiger charge is 2.26. The van der Waals surface area contributed by atoms with Crippen molar-refractivity contribution >= 4 is 23.2 Å². The molecule has 3 N–H and O–H groups in total. The normalized spacial score (nSPS) is 14.5. The van der Waals surface area contributed by atoms with Crippen LogP contribution in [0.15, 0.2) is 36.4 Å². The summed E-state index contributed by atoms with van der Waals surface area (Å²) < 4.78 is 10.5. The molecule has 0 saturated heterocycles. The Kier molecular flexibility index (Phi) is 2.65. The van der Waals surface area contributed by atoms with Crippen molar-refractivity contribution < 1.29 is 19.1 Å². The lowest BCUT2D eigenvalue weighted by Gasteiger charge is -2.10. The number of nitrogens with one attached hydrogen (secondary N) is 3. The number of hydrogen-bond donors (Lipinski definition) is 3. The quantitative estimate of drug-likeness (QED) is 0.591. The molecule has 2 aliphatic heterocycles. The highest BCUT2D eigenvalue weighted by Crippen LogP contribution is 2.34. The van der Waals surface area contributed by atoms with E-state index >= 15 is 0 Å². The van der Waals surface area contributed by atoms with Crippen LogP contribution in [0.1, 0.15) is 20.7 Å². The molecule has 2 aliphatic rings. The first kappa shape index (κ1) is 12.5. The summed E-state index contributed by atoms with van der Waals surface area (Å²) in [5.74, 6) is 0.631. The summed E-state index contributed by atoms with van der Waals surface area (Å²) >= 11 is 0. The molecule has 7 nitrogen and oxygen atoms in total. The Bertz CT molecular complexity index is 803. The summed E-state index contributed by atoms with van der Waals surface area (Å²) in [6, 6.07) is 10.4. The molecule has 0 bridgehead atoms. The van der Waals surface area contributed by atoms with Gasteiger partial charge in [-0.25, -0.2) is 0 Å². The van der Waals surface area contributed by atoms with E-state index in [9.17, 15) is 9.59 Å². The van der Waals surface area contributed by atoms with Crippen molar-refractivity contribution in [2.75, 3.05) is 17.6 Å². The smallest absolute Gasteiger partial charge is 0.259 e. The van der Waals surface area contributed by atoms with Crippen LogP contribution in [-0.2, 0) is 0 Å². The van der Waals surface area contributed by atoms with E-state index in [1.54, 1.807) is 30.3 Å². The molecule has 7 heteroatoms. The Morgan fingerprint density at radius 3 is 2.36 bits per heavy atom. The summed E-state index contributed by atoms with van der Waals surface area (Å²) in [5, 5.41) is 2.26. The zero-order chi connectivity index (χ0) is 15.1. The molecule has 0 unspecified atom stereocenters. The van der Waals surface area contributed by atoms with Crippen LogP contribution >= 0.6 is 0 Å². The number of carbonyl (C=O) groups excluding carboxylic acids is 2. The minimum Gasteiger partial charge on any atom is -0.454 e. The van der Waals surface area contributed by atoms with Gasteiger partial charge in [0, 0.05) is 6.07 Å². The monoisotopic (exact) mass is 297 g/mol. The van der Waals surface area contributed by atoms with Crippen molar-refractivity contribution in [1.29, 1.82) is 0 Å². The number of anilines is 2. The molecule has 2 amide bonds. The number of imide groups is 1. The summed E-state index contributed by atoms with van der Waals surface area (Å²) in [4.78, 5) is 23.1.